The number of esters is 1. The molecule has 1 aliphatic heterocycles. The summed E-state index contributed by atoms with van der Waals surface area (Å²) in [6.45, 7) is 3.78. The minimum atomic E-state index is -0.755. The van der Waals surface area contributed by atoms with Crippen LogP contribution in [0.1, 0.15) is 39.5 Å². The average molecular weight is 266 g/mol. The van der Waals surface area contributed by atoms with Crippen LogP contribution < -0.4 is 0 Å². The van der Waals surface area contributed by atoms with Crippen molar-refractivity contribution in [3.63, 3.8) is 0 Å². The molecule has 0 aromatic carbocycles. The molecule has 0 spiro atoms. The van der Waals surface area contributed by atoms with Gasteiger partial charge in [-0.2, -0.15) is 0 Å². The zero-order chi connectivity index (χ0) is 14.5. The van der Waals surface area contributed by atoms with Gasteiger partial charge in [-0.25, -0.2) is 4.79 Å². The first-order valence-corrected chi connectivity index (χ1v) is 6.50. The van der Waals surface area contributed by atoms with Crippen LogP contribution in [0.2, 0.25) is 0 Å². The van der Waals surface area contributed by atoms with E-state index >= 15 is 0 Å². The SMILES string of the molecule is C#CC(O)CC/C=C(\C)CC[C@@H]1O[C@@]1(C)C(=O)OC. The Hall–Kier alpha value is -1.31. The van der Waals surface area contributed by atoms with Crippen LogP contribution in [-0.2, 0) is 14.3 Å². The third-order valence-electron chi connectivity index (χ3n) is 3.46. The summed E-state index contributed by atoms with van der Waals surface area (Å²) in [4.78, 5) is 11.4. The summed E-state index contributed by atoms with van der Waals surface area (Å²) in [7, 11) is 1.37. The highest BCUT2D eigenvalue weighted by molar-refractivity contribution is 5.82. The summed E-state index contributed by atoms with van der Waals surface area (Å²) < 4.78 is 10.1. The Kier molecular flexibility index (Phi) is 5.59. The van der Waals surface area contributed by atoms with E-state index in [0.717, 1.165) is 19.3 Å². The molecule has 4 nitrogen and oxygen atoms in total. The maximum Gasteiger partial charge on any atom is 0.340 e. The van der Waals surface area contributed by atoms with Gasteiger partial charge < -0.3 is 14.6 Å². The number of hydrogen-bond acceptors (Lipinski definition) is 4. The molecule has 19 heavy (non-hydrogen) atoms. The molecule has 1 aliphatic rings. The summed E-state index contributed by atoms with van der Waals surface area (Å²) in [5.41, 5.74) is 0.459. The predicted octanol–water partition coefficient (Wildman–Crippen LogP) is 1.82. The Morgan fingerprint density at radius 2 is 2.37 bits per heavy atom. The van der Waals surface area contributed by atoms with Crippen LogP contribution in [0, 0.1) is 12.3 Å². The molecular weight excluding hydrogens is 244 g/mol. The molecule has 1 rings (SSSR count). The molecule has 3 atom stereocenters. The molecule has 0 saturated carbocycles. The third-order valence-corrected chi connectivity index (χ3v) is 3.46. The number of hydrogen-bond donors (Lipinski definition) is 1. The number of allylic oxidation sites excluding steroid dienone is 2. The third kappa shape index (κ3) is 4.38. The van der Waals surface area contributed by atoms with Crippen molar-refractivity contribution in [1.29, 1.82) is 0 Å². The molecule has 0 bridgehead atoms. The van der Waals surface area contributed by atoms with Crippen LogP contribution in [0.3, 0.4) is 0 Å². The van der Waals surface area contributed by atoms with Crippen molar-refractivity contribution in [3.8, 4) is 12.3 Å². The van der Waals surface area contributed by atoms with Crippen LogP contribution in [0.15, 0.2) is 11.6 Å². The van der Waals surface area contributed by atoms with E-state index < -0.39 is 11.7 Å². The second-order valence-electron chi connectivity index (χ2n) is 5.05. The van der Waals surface area contributed by atoms with Crippen LogP contribution in [0.4, 0.5) is 0 Å². The fourth-order valence-corrected chi connectivity index (χ4v) is 2.01. The van der Waals surface area contributed by atoms with E-state index in [9.17, 15) is 9.90 Å². The highest BCUT2D eigenvalue weighted by atomic mass is 16.7. The molecule has 0 radical (unpaired) electrons. The highest BCUT2D eigenvalue weighted by Gasteiger charge is 2.59. The molecule has 0 aromatic heterocycles. The first kappa shape index (κ1) is 15.7. The van der Waals surface area contributed by atoms with Gasteiger partial charge in [0.05, 0.1) is 13.2 Å². The molecular formula is C15H22O4. The number of methoxy groups -OCH3 is 1. The van der Waals surface area contributed by atoms with E-state index in [1.807, 2.05) is 6.92 Å². The minimum absolute atomic E-state index is 0.0559. The van der Waals surface area contributed by atoms with E-state index in [-0.39, 0.29) is 12.1 Å². The fraction of sp³-hybridized carbons (Fsp3) is 0.667. The lowest BCUT2D eigenvalue weighted by molar-refractivity contribution is -0.146. The van der Waals surface area contributed by atoms with E-state index in [0.29, 0.717) is 6.42 Å². The summed E-state index contributed by atoms with van der Waals surface area (Å²) in [5, 5.41) is 9.22. The standard InChI is InChI=1S/C15H22O4/c1-5-12(16)8-6-7-11(2)9-10-13-15(3,19-13)14(17)18-4/h1,7,12-13,16H,6,8-10H2,2-4H3/b11-7+/t12?,13-,15+/m0/s1. The predicted molar refractivity (Wildman–Crippen MR) is 72.4 cm³/mol. The van der Waals surface area contributed by atoms with Crippen molar-refractivity contribution in [2.24, 2.45) is 0 Å². The molecule has 0 aliphatic carbocycles. The molecule has 0 amide bonds. The number of ether oxygens (including phenoxy) is 2. The number of terminal acetylenes is 1. The van der Waals surface area contributed by atoms with Gasteiger partial charge >= 0.3 is 5.97 Å². The van der Waals surface area contributed by atoms with E-state index in [2.05, 4.69) is 12.0 Å². The van der Waals surface area contributed by atoms with E-state index in [1.54, 1.807) is 6.92 Å². The van der Waals surface area contributed by atoms with Crippen molar-refractivity contribution in [2.75, 3.05) is 7.11 Å². The van der Waals surface area contributed by atoms with Crippen molar-refractivity contribution in [1.82, 2.24) is 0 Å². The number of aliphatic hydroxyl groups excluding tert-OH is 1. The zero-order valence-corrected chi connectivity index (χ0v) is 11.8. The van der Waals surface area contributed by atoms with Crippen LogP contribution in [0.5, 0.6) is 0 Å². The maximum absolute atomic E-state index is 11.4. The summed E-state index contributed by atoms with van der Waals surface area (Å²) in [6.07, 6.45) is 9.43. The molecule has 106 valence electrons. The van der Waals surface area contributed by atoms with Crippen molar-refractivity contribution >= 4 is 5.97 Å². The first-order chi connectivity index (χ1) is 8.93. The maximum atomic E-state index is 11.4. The van der Waals surface area contributed by atoms with Crippen molar-refractivity contribution in [3.05, 3.63) is 11.6 Å². The first-order valence-electron chi connectivity index (χ1n) is 6.50. The quantitative estimate of drug-likeness (QED) is 0.330. The largest absolute Gasteiger partial charge is 0.467 e. The molecule has 0 aromatic rings. The molecule has 4 heteroatoms. The lowest BCUT2D eigenvalue weighted by Gasteiger charge is -2.04. The van der Waals surface area contributed by atoms with Crippen LogP contribution in [-0.4, -0.2) is 36.0 Å². The molecule has 1 unspecified atom stereocenters. The van der Waals surface area contributed by atoms with Gasteiger partial charge in [-0.1, -0.05) is 17.6 Å². The fourth-order valence-electron chi connectivity index (χ4n) is 2.01. The van der Waals surface area contributed by atoms with Gasteiger partial charge in [0.2, 0.25) is 0 Å². The number of epoxide rings is 1. The van der Waals surface area contributed by atoms with Gasteiger partial charge in [0, 0.05) is 0 Å². The number of aliphatic hydroxyl groups is 1. The Morgan fingerprint density at radius 3 is 2.95 bits per heavy atom. The van der Waals surface area contributed by atoms with Crippen molar-refractivity contribution < 1.29 is 19.4 Å². The van der Waals surface area contributed by atoms with E-state index in [1.165, 1.54) is 12.7 Å². The number of carbonyl (C=O) groups excluding carboxylic acids is 1. The summed E-state index contributed by atoms with van der Waals surface area (Å²) >= 11 is 0. The normalized spacial score (nSPS) is 27.5. The van der Waals surface area contributed by atoms with Crippen LogP contribution in [0.25, 0.3) is 0 Å². The van der Waals surface area contributed by atoms with Gasteiger partial charge in [-0.3, -0.25) is 0 Å². The van der Waals surface area contributed by atoms with Gasteiger partial charge in [-0.05, 0) is 39.5 Å². The molecule has 1 fully saturated rings. The van der Waals surface area contributed by atoms with Crippen LogP contribution >= 0.6 is 0 Å². The molecule has 1 N–H and O–H groups in total. The topological polar surface area (TPSA) is 59.1 Å². The van der Waals surface area contributed by atoms with Gasteiger partial charge in [0.25, 0.3) is 0 Å². The number of carbonyl (C=O) groups is 1. The Balaban J connectivity index is 2.25. The van der Waals surface area contributed by atoms with Gasteiger partial charge in [0.1, 0.15) is 6.10 Å². The lowest BCUT2D eigenvalue weighted by Crippen LogP contribution is -2.24. The van der Waals surface area contributed by atoms with E-state index in [4.69, 9.17) is 15.9 Å². The smallest absolute Gasteiger partial charge is 0.340 e. The Labute approximate surface area is 114 Å². The monoisotopic (exact) mass is 266 g/mol. The van der Waals surface area contributed by atoms with Gasteiger partial charge in [0.15, 0.2) is 5.60 Å². The molecule has 1 saturated heterocycles. The highest BCUT2D eigenvalue weighted by Crippen LogP contribution is 2.40. The average Bonchev–Trinajstić information content (AvgIpc) is 3.07. The number of rotatable bonds is 7. The second-order valence-corrected chi connectivity index (χ2v) is 5.05. The lowest BCUT2D eigenvalue weighted by atomic mass is 10.0. The Morgan fingerprint density at radius 1 is 1.68 bits per heavy atom. The van der Waals surface area contributed by atoms with Gasteiger partial charge in [-0.15, -0.1) is 6.42 Å². The second kappa shape index (κ2) is 6.74. The summed E-state index contributed by atoms with van der Waals surface area (Å²) in [5.74, 6) is 1.97. The zero-order valence-electron chi connectivity index (χ0n) is 11.8. The Bertz CT molecular complexity index is 393. The van der Waals surface area contributed by atoms with Crippen molar-refractivity contribution in [2.45, 2.75) is 57.3 Å². The molecule has 1 heterocycles. The minimum Gasteiger partial charge on any atom is -0.467 e. The summed E-state index contributed by atoms with van der Waals surface area (Å²) in [6, 6.07) is 0.